The SMILES string of the molecule is O=C(c1ccc(CSc2ncn[nH]2)cc1)N1CCCNC(c2ccccc2)C1. The first-order valence-corrected chi connectivity index (χ1v) is 10.4. The third kappa shape index (κ3) is 4.61. The molecule has 3 aromatic rings. The van der Waals surface area contributed by atoms with E-state index >= 15 is 0 Å². The smallest absolute Gasteiger partial charge is 0.253 e. The molecule has 1 atom stereocenters. The van der Waals surface area contributed by atoms with Crippen LogP contribution in [-0.4, -0.2) is 45.6 Å². The Kier molecular flexibility index (Phi) is 6.04. The summed E-state index contributed by atoms with van der Waals surface area (Å²) in [6.07, 6.45) is 2.46. The average Bonchev–Trinajstić information content (AvgIpc) is 3.15. The Labute approximate surface area is 168 Å². The summed E-state index contributed by atoms with van der Waals surface area (Å²) in [5.41, 5.74) is 3.11. The lowest BCUT2D eigenvalue weighted by molar-refractivity contribution is 0.0753. The summed E-state index contributed by atoms with van der Waals surface area (Å²) < 4.78 is 0. The fraction of sp³-hybridized carbons (Fsp3) is 0.286. The van der Waals surface area contributed by atoms with Gasteiger partial charge in [0.15, 0.2) is 5.16 Å². The zero-order valence-electron chi connectivity index (χ0n) is 15.5. The van der Waals surface area contributed by atoms with Crippen molar-refractivity contribution in [3.05, 3.63) is 77.6 Å². The topological polar surface area (TPSA) is 73.9 Å². The zero-order valence-corrected chi connectivity index (χ0v) is 16.4. The van der Waals surface area contributed by atoms with Gasteiger partial charge in [0, 0.05) is 30.4 Å². The van der Waals surface area contributed by atoms with Gasteiger partial charge in [-0.2, -0.15) is 5.10 Å². The molecule has 2 heterocycles. The van der Waals surface area contributed by atoms with Crippen LogP contribution in [0.1, 0.15) is 33.9 Å². The van der Waals surface area contributed by atoms with Crippen molar-refractivity contribution < 1.29 is 4.79 Å². The number of H-pyrrole nitrogens is 1. The van der Waals surface area contributed by atoms with E-state index in [9.17, 15) is 4.79 Å². The maximum absolute atomic E-state index is 13.1. The van der Waals surface area contributed by atoms with E-state index in [1.807, 2.05) is 47.4 Å². The highest BCUT2D eigenvalue weighted by Crippen LogP contribution is 2.21. The van der Waals surface area contributed by atoms with Crippen molar-refractivity contribution in [3.8, 4) is 0 Å². The highest BCUT2D eigenvalue weighted by molar-refractivity contribution is 7.98. The van der Waals surface area contributed by atoms with Crippen molar-refractivity contribution in [2.24, 2.45) is 0 Å². The number of nitrogens with one attached hydrogen (secondary N) is 2. The number of aromatic nitrogens is 3. The fourth-order valence-corrected chi connectivity index (χ4v) is 4.09. The lowest BCUT2D eigenvalue weighted by Crippen LogP contribution is -2.36. The lowest BCUT2D eigenvalue weighted by Gasteiger charge is -2.25. The van der Waals surface area contributed by atoms with Crippen LogP contribution in [0.2, 0.25) is 0 Å². The number of nitrogens with zero attached hydrogens (tertiary/aromatic N) is 3. The Balaban J connectivity index is 1.41. The monoisotopic (exact) mass is 393 g/mol. The number of thioether (sulfide) groups is 1. The van der Waals surface area contributed by atoms with E-state index in [1.165, 1.54) is 11.9 Å². The second kappa shape index (κ2) is 9.03. The van der Waals surface area contributed by atoms with Crippen LogP contribution in [0.25, 0.3) is 0 Å². The number of aromatic amines is 1. The van der Waals surface area contributed by atoms with E-state index in [1.54, 1.807) is 11.8 Å². The summed E-state index contributed by atoms with van der Waals surface area (Å²) in [5.74, 6) is 0.881. The zero-order chi connectivity index (χ0) is 19.2. The second-order valence-corrected chi connectivity index (χ2v) is 7.76. The summed E-state index contributed by atoms with van der Waals surface area (Å²) >= 11 is 1.59. The van der Waals surface area contributed by atoms with Crippen molar-refractivity contribution in [2.75, 3.05) is 19.6 Å². The molecule has 2 aromatic carbocycles. The molecular formula is C21H23N5OS. The van der Waals surface area contributed by atoms with Crippen molar-refractivity contribution >= 4 is 17.7 Å². The molecule has 0 radical (unpaired) electrons. The van der Waals surface area contributed by atoms with E-state index in [4.69, 9.17) is 0 Å². The first-order chi connectivity index (χ1) is 13.8. The van der Waals surface area contributed by atoms with Crippen LogP contribution in [0.15, 0.2) is 66.1 Å². The molecule has 0 saturated carbocycles. The molecule has 1 saturated heterocycles. The van der Waals surface area contributed by atoms with Gasteiger partial charge in [0.2, 0.25) is 0 Å². The number of hydrogen-bond acceptors (Lipinski definition) is 5. The molecule has 1 unspecified atom stereocenters. The van der Waals surface area contributed by atoms with Gasteiger partial charge in [0.25, 0.3) is 5.91 Å². The van der Waals surface area contributed by atoms with Crippen LogP contribution in [-0.2, 0) is 5.75 Å². The van der Waals surface area contributed by atoms with Crippen LogP contribution in [0.3, 0.4) is 0 Å². The van der Waals surface area contributed by atoms with Gasteiger partial charge in [-0.05, 0) is 36.2 Å². The van der Waals surface area contributed by atoms with Gasteiger partial charge < -0.3 is 10.2 Å². The third-order valence-corrected chi connectivity index (χ3v) is 5.80. The minimum atomic E-state index is 0.0964. The molecule has 1 fully saturated rings. The van der Waals surface area contributed by atoms with Crippen molar-refractivity contribution in [2.45, 2.75) is 23.4 Å². The predicted molar refractivity (Wildman–Crippen MR) is 110 cm³/mol. The molecule has 1 aliphatic rings. The number of carbonyl (C=O) groups excluding carboxylic acids is 1. The molecule has 0 aliphatic carbocycles. The van der Waals surface area contributed by atoms with Gasteiger partial charge in [0.05, 0.1) is 0 Å². The molecule has 0 spiro atoms. The normalized spacial score (nSPS) is 17.3. The molecular weight excluding hydrogens is 370 g/mol. The number of amides is 1. The first kappa shape index (κ1) is 18.7. The van der Waals surface area contributed by atoms with Crippen molar-refractivity contribution in [3.63, 3.8) is 0 Å². The number of benzene rings is 2. The maximum Gasteiger partial charge on any atom is 0.253 e. The molecule has 7 heteroatoms. The highest BCUT2D eigenvalue weighted by Gasteiger charge is 2.23. The van der Waals surface area contributed by atoms with Gasteiger partial charge in [-0.15, -0.1) is 0 Å². The molecule has 2 N–H and O–H groups in total. The molecule has 1 aliphatic heterocycles. The standard InChI is InChI=1S/C21H23N5OS/c27-20(18-9-7-16(8-10-18)14-28-21-23-15-24-25-21)26-12-4-11-22-19(13-26)17-5-2-1-3-6-17/h1-3,5-10,15,19,22H,4,11-14H2,(H,23,24,25). The summed E-state index contributed by atoms with van der Waals surface area (Å²) in [6, 6.07) is 18.4. The number of rotatable bonds is 5. The molecule has 1 amide bonds. The molecule has 6 nitrogen and oxygen atoms in total. The van der Waals surface area contributed by atoms with Crippen LogP contribution in [0, 0.1) is 0 Å². The Bertz CT molecular complexity index is 883. The van der Waals surface area contributed by atoms with Gasteiger partial charge in [0.1, 0.15) is 6.33 Å². The van der Waals surface area contributed by atoms with Crippen molar-refractivity contribution in [1.82, 2.24) is 25.4 Å². The summed E-state index contributed by atoms with van der Waals surface area (Å²) in [5, 5.41) is 11.0. The van der Waals surface area contributed by atoms with Gasteiger partial charge >= 0.3 is 0 Å². The van der Waals surface area contributed by atoms with E-state index in [-0.39, 0.29) is 11.9 Å². The quantitative estimate of drug-likeness (QED) is 0.651. The predicted octanol–water partition coefficient (Wildman–Crippen LogP) is 3.27. The molecule has 144 valence electrons. The van der Waals surface area contributed by atoms with Gasteiger partial charge in [-0.1, -0.05) is 54.2 Å². The Morgan fingerprint density at radius 3 is 2.71 bits per heavy atom. The van der Waals surface area contributed by atoms with Gasteiger partial charge in [-0.3, -0.25) is 9.89 Å². The fourth-order valence-electron chi connectivity index (χ4n) is 3.36. The summed E-state index contributed by atoms with van der Waals surface area (Å²) in [6.45, 7) is 2.38. The summed E-state index contributed by atoms with van der Waals surface area (Å²) in [4.78, 5) is 19.1. The number of carbonyl (C=O) groups is 1. The van der Waals surface area contributed by atoms with E-state index in [0.29, 0.717) is 6.54 Å². The van der Waals surface area contributed by atoms with E-state index in [0.717, 1.165) is 41.5 Å². The van der Waals surface area contributed by atoms with Crippen LogP contribution >= 0.6 is 11.8 Å². The van der Waals surface area contributed by atoms with Gasteiger partial charge in [-0.25, -0.2) is 4.98 Å². The second-order valence-electron chi connectivity index (χ2n) is 6.80. The Hall–Kier alpha value is -2.64. The molecule has 4 rings (SSSR count). The molecule has 28 heavy (non-hydrogen) atoms. The largest absolute Gasteiger partial charge is 0.337 e. The van der Waals surface area contributed by atoms with Crippen LogP contribution in [0.4, 0.5) is 0 Å². The van der Waals surface area contributed by atoms with Crippen LogP contribution < -0.4 is 5.32 Å². The number of hydrogen-bond donors (Lipinski definition) is 2. The summed E-state index contributed by atoms with van der Waals surface area (Å²) in [7, 11) is 0. The van der Waals surface area contributed by atoms with Crippen molar-refractivity contribution in [1.29, 1.82) is 0 Å². The minimum Gasteiger partial charge on any atom is -0.337 e. The van der Waals surface area contributed by atoms with Crippen LogP contribution in [0.5, 0.6) is 0 Å². The third-order valence-electron chi connectivity index (χ3n) is 4.86. The van der Waals surface area contributed by atoms with E-state index < -0.39 is 0 Å². The first-order valence-electron chi connectivity index (χ1n) is 9.44. The van der Waals surface area contributed by atoms with E-state index in [2.05, 4.69) is 32.6 Å². The minimum absolute atomic E-state index is 0.0964. The lowest BCUT2D eigenvalue weighted by atomic mass is 10.1. The average molecular weight is 394 g/mol. The maximum atomic E-state index is 13.1. The Morgan fingerprint density at radius 1 is 1.14 bits per heavy atom. The molecule has 1 aromatic heterocycles. The highest BCUT2D eigenvalue weighted by atomic mass is 32.2. The Morgan fingerprint density at radius 2 is 1.96 bits per heavy atom. The molecule has 0 bridgehead atoms.